The summed E-state index contributed by atoms with van der Waals surface area (Å²) >= 11 is 0. The Bertz CT molecular complexity index is 595. The van der Waals surface area contributed by atoms with E-state index in [0.717, 1.165) is 29.4 Å². The standard InChI is InChI=1S/C19H29N3O2/c1-13-9-14-10-17(23-3)15(11-18(14)24-13)12-21-19(20-2)22-16-7-5-4-6-8-16/h10-11,13,16H,4-9,12H2,1-3H3,(H2,20,21,22). The number of hydrogen-bond donors (Lipinski definition) is 2. The minimum absolute atomic E-state index is 0.244. The highest BCUT2D eigenvalue weighted by Crippen LogP contribution is 2.34. The van der Waals surface area contributed by atoms with Crippen molar-refractivity contribution in [2.45, 2.75) is 64.1 Å². The van der Waals surface area contributed by atoms with Crippen LogP contribution in [0.3, 0.4) is 0 Å². The van der Waals surface area contributed by atoms with E-state index in [-0.39, 0.29) is 6.10 Å². The van der Waals surface area contributed by atoms with Gasteiger partial charge in [0, 0.05) is 37.2 Å². The van der Waals surface area contributed by atoms with E-state index in [1.807, 2.05) is 7.05 Å². The SMILES string of the molecule is CN=C(NCc1cc2c(cc1OC)CC(C)O2)NC1CCCCC1. The topological polar surface area (TPSA) is 54.9 Å². The van der Waals surface area contributed by atoms with Crippen LogP contribution in [0.5, 0.6) is 11.5 Å². The van der Waals surface area contributed by atoms with Crippen molar-refractivity contribution in [2.75, 3.05) is 14.2 Å². The summed E-state index contributed by atoms with van der Waals surface area (Å²) in [7, 11) is 3.54. The van der Waals surface area contributed by atoms with Crippen molar-refractivity contribution < 1.29 is 9.47 Å². The molecule has 1 fully saturated rings. The van der Waals surface area contributed by atoms with E-state index in [4.69, 9.17) is 9.47 Å². The van der Waals surface area contributed by atoms with Gasteiger partial charge in [-0.05, 0) is 31.9 Å². The Hall–Kier alpha value is -1.91. The van der Waals surface area contributed by atoms with Gasteiger partial charge in [-0.15, -0.1) is 0 Å². The van der Waals surface area contributed by atoms with Gasteiger partial charge in [-0.3, -0.25) is 4.99 Å². The Morgan fingerprint density at radius 2 is 2.08 bits per heavy atom. The number of rotatable bonds is 4. The Kier molecular flexibility index (Phi) is 5.48. The van der Waals surface area contributed by atoms with E-state index >= 15 is 0 Å². The molecule has 5 heteroatoms. The van der Waals surface area contributed by atoms with Gasteiger partial charge in [0.15, 0.2) is 5.96 Å². The Balaban J connectivity index is 1.63. The summed E-state index contributed by atoms with van der Waals surface area (Å²) in [5.41, 5.74) is 2.32. The summed E-state index contributed by atoms with van der Waals surface area (Å²) in [6.45, 7) is 2.76. The molecule has 2 N–H and O–H groups in total. The van der Waals surface area contributed by atoms with E-state index in [2.05, 4.69) is 34.7 Å². The summed E-state index contributed by atoms with van der Waals surface area (Å²) in [5, 5.41) is 6.95. The number of benzene rings is 1. The van der Waals surface area contributed by atoms with Crippen LogP contribution in [0.1, 0.15) is 50.2 Å². The van der Waals surface area contributed by atoms with Crippen LogP contribution in [-0.2, 0) is 13.0 Å². The molecule has 0 bridgehead atoms. The van der Waals surface area contributed by atoms with Crippen molar-refractivity contribution in [3.05, 3.63) is 23.3 Å². The molecule has 1 aromatic carbocycles. The van der Waals surface area contributed by atoms with Crippen molar-refractivity contribution in [2.24, 2.45) is 4.99 Å². The molecule has 3 rings (SSSR count). The zero-order chi connectivity index (χ0) is 16.9. The number of hydrogen-bond acceptors (Lipinski definition) is 3. The minimum Gasteiger partial charge on any atom is -0.496 e. The molecule has 1 unspecified atom stereocenters. The summed E-state index contributed by atoms with van der Waals surface area (Å²) < 4.78 is 11.4. The second-order valence-corrected chi connectivity index (χ2v) is 6.81. The summed E-state index contributed by atoms with van der Waals surface area (Å²) in [6, 6.07) is 4.74. The van der Waals surface area contributed by atoms with Gasteiger partial charge in [-0.25, -0.2) is 0 Å². The van der Waals surface area contributed by atoms with Crippen LogP contribution in [0.2, 0.25) is 0 Å². The van der Waals surface area contributed by atoms with Crippen LogP contribution in [0, 0.1) is 0 Å². The maximum atomic E-state index is 5.87. The Labute approximate surface area is 144 Å². The maximum Gasteiger partial charge on any atom is 0.191 e. The lowest BCUT2D eigenvalue weighted by Gasteiger charge is -2.25. The predicted octanol–water partition coefficient (Wildman–Crippen LogP) is 3.02. The van der Waals surface area contributed by atoms with Gasteiger partial charge in [-0.2, -0.15) is 0 Å². The van der Waals surface area contributed by atoms with Gasteiger partial charge in [-0.1, -0.05) is 19.3 Å². The van der Waals surface area contributed by atoms with Gasteiger partial charge in [0.1, 0.15) is 17.6 Å². The van der Waals surface area contributed by atoms with Crippen LogP contribution < -0.4 is 20.1 Å². The third kappa shape index (κ3) is 3.94. The Morgan fingerprint density at radius 3 is 2.79 bits per heavy atom. The van der Waals surface area contributed by atoms with Gasteiger partial charge >= 0.3 is 0 Å². The molecule has 24 heavy (non-hydrogen) atoms. The molecular weight excluding hydrogens is 302 g/mol. The van der Waals surface area contributed by atoms with Crippen molar-refractivity contribution in [1.82, 2.24) is 10.6 Å². The number of fused-ring (bicyclic) bond motifs is 1. The first-order valence-electron chi connectivity index (χ1n) is 9.03. The van der Waals surface area contributed by atoms with Crippen LogP contribution >= 0.6 is 0 Å². The van der Waals surface area contributed by atoms with Gasteiger partial charge in [0.25, 0.3) is 0 Å². The molecule has 2 aliphatic rings. The molecule has 132 valence electrons. The van der Waals surface area contributed by atoms with E-state index in [1.165, 1.54) is 37.7 Å². The number of nitrogens with one attached hydrogen (secondary N) is 2. The van der Waals surface area contributed by atoms with Gasteiger partial charge < -0.3 is 20.1 Å². The van der Waals surface area contributed by atoms with Crippen molar-refractivity contribution in [3.8, 4) is 11.5 Å². The van der Waals surface area contributed by atoms with E-state index in [1.54, 1.807) is 7.11 Å². The molecular formula is C19H29N3O2. The zero-order valence-corrected chi connectivity index (χ0v) is 15.0. The number of methoxy groups -OCH3 is 1. The molecule has 1 atom stereocenters. The molecule has 0 radical (unpaired) electrons. The molecule has 5 nitrogen and oxygen atoms in total. The van der Waals surface area contributed by atoms with Gasteiger partial charge in [0.2, 0.25) is 0 Å². The van der Waals surface area contributed by atoms with Crippen molar-refractivity contribution in [3.63, 3.8) is 0 Å². The number of aliphatic imine (C=N–C) groups is 1. The zero-order valence-electron chi connectivity index (χ0n) is 15.0. The van der Waals surface area contributed by atoms with Gasteiger partial charge in [0.05, 0.1) is 7.11 Å². The molecule has 1 saturated carbocycles. The molecule has 0 amide bonds. The quantitative estimate of drug-likeness (QED) is 0.658. The largest absolute Gasteiger partial charge is 0.496 e. The molecule has 1 heterocycles. The monoisotopic (exact) mass is 331 g/mol. The summed E-state index contributed by atoms with van der Waals surface area (Å²) in [6.07, 6.45) is 7.63. The first-order valence-corrected chi connectivity index (χ1v) is 9.03. The number of guanidine groups is 1. The highest BCUT2D eigenvalue weighted by Gasteiger charge is 2.22. The fraction of sp³-hybridized carbons (Fsp3) is 0.632. The molecule has 1 aromatic rings. The fourth-order valence-corrected chi connectivity index (χ4v) is 3.62. The smallest absolute Gasteiger partial charge is 0.191 e. The van der Waals surface area contributed by atoms with E-state index in [9.17, 15) is 0 Å². The molecule has 1 aliphatic carbocycles. The number of nitrogens with zero attached hydrogens (tertiary/aromatic N) is 1. The predicted molar refractivity (Wildman–Crippen MR) is 97.0 cm³/mol. The van der Waals surface area contributed by atoms with Crippen LogP contribution in [-0.4, -0.2) is 32.3 Å². The van der Waals surface area contributed by atoms with Crippen molar-refractivity contribution in [1.29, 1.82) is 0 Å². The van der Waals surface area contributed by atoms with E-state index in [0.29, 0.717) is 12.6 Å². The van der Waals surface area contributed by atoms with Crippen molar-refractivity contribution >= 4 is 5.96 Å². The highest BCUT2D eigenvalue weighted by atomic mass is 16.5. The normalized spacial score (nSPS) is 21.1. The second-order valence-electron chi connectivity index (χ2n) is 6.81. The lowest BCUT2D eigenvalue weighted by atomic mass is 9.96. The second kappa shape index (κ2) is 7.77. The third-order valence-electron chi connectivity index (χ3n) is 4.91. The lowest BCUT2D eigenvalue weighted by molar-refractivity contribution is 0.254. The highest BCUT2D eigenvalue weighted by molar-refractivity contribution is 5.80. The van der Waals surface area contributed by atoms with Crippen LogP contribution in [0.15, 0.2) is 17.1 Å². The molecule has 0 spiro atoms. The Morgan fingerprint density at radius 1 is 1.29 bits per heavy atom. The summed E-state index contributed by atoms with van der Waals surface area (Å²) in [5.74, 6) is 2.75. The fourth-order valence-electron chi connectivity index (χ4n) is 3.62. The minimum atomic E-state index is 0.244. The van der Waals surface area contributed by atoms with Crippen LogP contribution in [0.4, 0.5) is 0 Å². The number of ether oxygens (including phenoxy) is 2. The summed E-state index contributed by atoms with van der Waals surface area (Å²) in [4.78, 5) is 4.36. The average molecular weight is 331 g/mol. The first-order chi connectivity index (χ1) is 11.7. The first kappa shape index (κ1) is 16.9. The van der Waals surface area contributed by atoms with E-state index < -0.39 is 0 Å². The average Bonchev–Trinajstić information content (AvgIpc) is 2.97. The molecule has 0 aromatic heterocycles. The molecule has 1 aliphatic heterocycles. The lowest BCUT2D eigenvalue weighted by Crippen LogP contribution is -2.43. The molecule has 0 saturated heterocycles. The van der Waals surface area contributed by atoms with Crippen LogP contribution in [0.25, 0.3) is 0 Å². The maximum absolute atomic E-state index is 5.87. The third-order valence-corrected chi connectivity index (χ3v) is 4.91.